The number of hydrogen-bond acceptors (Lipinski definition) is 4. The number of halogens is 3. The number of carbonyl (C=O) groups is 1. The number of likely N-dealkylation sites (tertiary alicyclic amines) is 2. The minimum absolute atomic E-state index is 0.0230. The average Bonchev–Trinajstić information content (AvgIpc) is 3.08. The molecule has 2 atom stereocenters. The highest BCUT2D eigenvalue weighted by Gasteiger charge is 2.35. The molecule has 0 radical (unpaired) electrons. The lowest BCUT2D eigenvalue weighted by atomic mass is 9.94. The van der Waals surface area contributed by atoms with Crippen molar-refractivity contribution < 1.29 is 18.0 Å². The number of H-pyrrole nitrogens is 1. The molecule has 198 valence electrons. The molecular weight excluding hydrogens is 485 g/mol. The molecule has 3 aromatic rings. The number of aromatic amines is 1. The van der Waals surface area contributed by atoms with Crippen molar-refractivity contribution in [2.75, 3.05) is 32.7 Å². The number of hydrogen-bond donors (Lipinski definition) is 2. The smallest absolute Gasteiger partial charge is 0.334 e. The predicted octanol–water partition coefficient (Wildman–Crippen LogP) is 3.88. The van der Waals surface area contributed by atoms with Crippen LogP contribution in [0, 0.1) is 0 Å². The molecule has 2 amide bonds. The van der Waals surface area contributed by atoms with Crippen molar-refractivity contribution in [2.45, 2.75) is 49.9 Å². The lowest BCUT2D eigenvalue weighted by Crippen LogP contribution is -2.51. The topological polar surface area (TPSA) is 86.3 Å². The van der Waals surface area contributed by atoms with Gasteiger partial charge in [0.15, 0.2) is 5.65 Å². The molecule has 0 bridgehead atoms. The molecule has 0 saturated carbocycles. The normalized spacial score (nSPS) is 22.2. The summed E-state index contributed by atoms with van der Waals surface area (Å²) in [5, 5.41) is 3.00. The van der Waals surface area contributed by atoms with Crippen molar-refractivity contribution in [3.05, 3.63) is 64.7 Å². The quantitative estimate of drug-likeness (QED) is 0.551. The molecule has 11 heteroatoms. The molecule has 5 rings (SSSR count). The molecule has 2 aliphatic heterocycles. The molecule has 8 nitrogen and oxygen atoms in total. The number of nitrogens with zero attached hydrogens (tertiary/aromatic N) is 4. The van der Waals surface area contributed by atoms with Crippen LogP contribution in [0.1, 0.15) is 43.2 Å². The molecule has 2 aromatic heterocycles. The van der Waals surface area contributed by atoms with E-state index in [2.05, 4.69) is 15.3 Å². The van der Waals surface area contributed by atoms with Crippen LogP contribution >= 0.6 is 0 Å². The highest BCUT2D eigenvalue weighted by atomic mass is 19.4. The van der Waals surface area contributed by atoms with E-state index in [1.165, 1.54) is 4.90 Å². The van der Waals surface area contributed by atoms with E-state index in [1.807, 2.05) is 36.4 Å². The standard InChI is InChI=1S/C26H31F3N6O2/c27-26(28,29)17-33-15-19(18-5-2-1-3-6-18)8-9-20(16-33)31-24(36)34-13-10-21(11-14-34)35-22-7-4-12-30-23(22)32-25(35)37/h1-7,12,19-21H,8-11,13-17H2,(H,31,36)(H,30,32,37)/t19-,20-/m1/s1. The third kappa shape index (κ3) is 5.98. The number of carbonyl (C=O) groups excluding carboxylic acids is 1. The van der Waals surface area contributed by atoms with Gasteiger partial charge in [0.25, 0.3) is 0 Å². The van der Waals surface area contributed by atoms with E-state index in [4.69, 9.17) is 0 Å². The Kier molecular flexibility index (Phi) is 7.23. The third-order valence-electron chi connectivity index (χ3n) is 7.43. The third-order valence-corrected chi connectivity index (χ3v) is 7.43. The lowest BCUT2D eigenvalue weighted by Gasteiger charge is -2.34. The number of fused-ring (bicyclic) bond motifs is 1. The first-order valence-corrected chi connectivity index (χ1v) is 12.7. The number of pyridine rings is 1. The second kappa shape index (κ2) is 10.6. The number of imidazole rings is 1. The van der Waals surface area contributed by atoms with Gasteiger partial charge < -0.3 is 10.2 Å². The zero-order valence-corrected chi connectivity index (χ0v) is 20.5. The molecule has 2 aliphatic rings. The maximum absolute atomic E-state index is 13.3. The van der Waals surface area contributed by atoms with Crippen LogP contribution in [0.25, 0.3) is 11.2 Å². The summed E-state index contributed by atoms with van der Waals surface area (Å²) in [5.41, 5.74) is 2.09. The number of amides is 2. The largest absolute Gasteiger partial charge is 0.401 e. The van der Waals surface area contributed by atoms with Gasteiger partial charge >= 0.3 is 17.9 Å². The first kappa shape index (κ1) is 25.3. The van der Waals surface area contributed by atoms with Gasteiger partial charge in [-0.05, 0) is 49.3 Å². The number of benzene rings is 1. The monoisotopic (exact) mass is 516 g/mol. The van der Waals surface area contributed by atoms with E-state index in [1.54, 1.807) is 21.7 Å². The maximum atomic E-state index is 13.3. The van der Waals surface area contributed by atoms with Gasteiger partial charge in [-0.15, -0.1) is 0 Å². The SMILES string of the molecule is O=C(N[C@@H]1CC[C@@H](c2ccccc2)CN(CC(F)(F)F)C1)N1CCC(n2c(=O)[nH]c3ncccc32)CC1. The Hall–Kier alpha value is -3.34. The summed E-state index contributed by atoms with van der Waals surface area (Å²) in [6, 6.07) is 12.5. The van der Waals surface area contributed by atoms with Crippen LogP contribution in [0.3, 0.4) is 0 Å². The number of nitrogens with one attached hydrogen (secondary N) is 2. The second-order valence-corrected chi connectivity index (χ2v) is 10.0. The first-order chi connectivity index (χ1) is 17.8. The molecular formula is C26H31F3N6O2. The number of aromatic nitrogens is 3. The van der Waals surface area contributed by atoms with E-state index in [0.29, 0.717) is 51.0 Å². The fourth-order valence-corrected chi connectivity index (χ4v) is 5.69. The van der Waals surface area contributed by atoms with Crippen molar-refractivity contribution in [3.8, 4) is 0 Å². The van der Waals surface area contributed by atoms with Crippen LogP contribution in [-0.4, -0.2) is 75.3 Å². The number of urea groups is 1. The molecule has 4 heterocycles. The summed E-state index contributed by atoms with van der Waals surface area (Å²) < 4.78 is 41.6. The Labute approximate surface area is 212 Å². The van der Waals surface area contributed by atoms with Crippen molar-refractivity contribution in [1.29, 1.82) is 0 Å². The maximum Gasteiger partial charge on any atom is 0.401 e. The van der Waals surface area contributed by atoms with Gasteiger partial charge in [0, 0.05) is 44.5 Å². The highest BCUT2D eigenvalue weighted by molar-refractivity contribution is 5.74. The Morgan fingerprint density at radius 2 is 1.78 bits per heavy atom. The summed E-state index contributed by atoms with van der Waals surface area (Å²) >= 11 is 0. The second-order valence-electron chi connectivity index (χ2n) is 10.0. The number of rotatable bonds is 4. The Bertz CT molecular complexity index is 1270. The van der Waals surface area contributed by atoms with Gasteiger partial charge in [0.1, 0.15) is 0 Å². The zero-order chi connectivity index (χ0) is 26.0. The Balaban J connectivity index is 1.22. The van der Waals surface area contributed by atoms with E-state index in [-0.39, 0.29) is 36.3 Å². The Morgan fingerprint density at radius 1 is 1.03 bits per heavy atom. The van der Waals surface area contributed by atoms with E-state index < -0.39 is 12.7 Å². The van der Waals surface area contributed by atoms with Gasteiger partial charge in [-0.25, -0.2) is 14.6 Å². The van der Waals surface area contributed by atoms with Crippen LogP contribution < -0.4 is 11.0 Å². The predicted molar refractivity (Wildman–Crippen MR) is 133 cm³/mol. The van der Waals surface area contributed by atoms with E-state index in [9.17, 15) is 22.8 Å². The summed E-state index contributed by atoms with van der Waals surface area (Å²) in [7, 11) is 0. The van der Waals surface area contributed by atoms with Crippen molar-refractivity contribution >= 4 is 17.2 Å². The van der Waals surface area contributed by atoms with Crippen molar-refractivity contribution in [3.63, 3.8) is 0 Å². The number of alkyl halides is 3. The molecule has 0 unspecified atom stereocenters. The summed E-state index contributed by atoms with van der Waals surface area (Å²) in [4.78, 5) is 35.7. The Morgan fingerprint density at radius 3 is 2.51 bits per heavy atom. The van der Waals surface area contributed by atoms with Crippen LogP contribution in [0.2, 0.25) is 0 Å². The van der Waals surface area contributed by atoms with Crippen LogP contribution in [0.5, 0.6) is 0 Å². The van der Waals surface area contributed by atoms with Crippen molar-refractivity contribution in [2.24, 2.45) is 0 Å². The van der Waals surface area contributed by atoms with Gasteiger partial charge in [0.2, 0.25) is 0 Å². The zero-order valence-electron chi connectivity index (χ0n) is 20.5. The summed E-state index contributed by atoms with van der Waals surface area (Å²) in [6.45, 7) is 0.379. The van der Waals surface area contributed by atoms with Crippen LogP contribution in [0.4, 0.5) is 18.0 Å². The van der Waals surface area contributed by atoms with Gasteiger partial charge in [-0.2, -0.15) is 13.2 Å². The summed E-state index contributed by atoms with van der Waals surface area (Å²) in [6.07, 6.45) is -0.165. The van der Waals surface area contributed by atoms with Crippen molar-refractivity contribution in [1.82, 2.24) is 29.7 Å². The van der Waals surface area contributed by atoms with Crippen LogP contribution in [0.15, 0.2) is 53.5 Å². The summed E-state index contributed by atoms with van der Waals surface area (Å²) in [5.74, 6) is -0.0230. The van der Waals surface area contributed by atoms with E-state index >= 15 is 0 Å². The number of piperidine rings is 1. The molecule has 0 spiro atoms. The fourth-order valence-electron chi connectivity index (χ4n) is 5.69. The van der Waals surface area contributed by atoms with Gasteiger partial charge in [-0.3, -0.25) is 14.5 Å². The lowest BCUT2D eigenvalue weighted by molar-refractivity contribution is -0.146. The minimum atomic E-state index is -4.31. The molecule has 2 fully saturated rings. The average molecular weight is 517 g/mol. The fraction of sp³-hybridized carbons (Fsp3) is 0.500. The molecule has 2 N–H and O–H groups in total. The molecule has 37 heavy (non-hydrogen) atoms. The molecule has 0 aliphatic carbocycles. The van der Waals surface area contributed by atoms with Gasteiger partial charge in [0.05, 0.1) is 12.1 Å². The molecule has 1 aromatic carbocycles. The first-order valence-electron chi connectivity index (χ1n) is 12.7. The molecule has 2 saturated heterocycles. The van der Waals surface area contributed by atoms with E-state index in [0.717, 1.165) is 11.1 Å². The highest BCUT2D eigenvalue weighted by Crippen LogP contribution is 2.29. The van der Waals surface area contributed by atoms with Crippen LogP contribution in [-0.2, 0) is 0 Å². The minimum Gasteiger partial charge on any atom is -0.334 e. The van der Waals surface area contributed by atoms with Gasteiger partial charge in [-0.1, -0.05) is 30.3 Å².